The van der Waals surface area contributed by atoms with E-state index in [1.54, 1.807) is 7.05 Å². The third-order valence-corrected chi connectivity index (χ3v) is 5.15. The summed E-state index contributed by atoms with van der Waals surface area (Å²) in [5.74, 6) is 0.236. The van der Waals surface area contributed by atoms with E-state index in [9.17, 15) is 8.42 Å². The Morgan fingerprint density at radius 2 is 1.93 bits per heavy atom. The lowest BCUT2D eigenvalue weighted by molar-refractivity contribution is 0.355. The lowest BCUT2D eigenvalue weighted by atomic mass is 10.1. The van der Waals surface area contributed by atoms with Crippen LogP contribution in [0.3, 0.4) is 0 Å². The molecule has 1 rings (SSSR count). The number of nitrogens with two attached hydrogens (primary N) is 1. The van der Waals surface area contributed by atoms with E-state index in [1.807, 2.05) is 20.8 Å². The first-order chi connectivity index (χ1) is 6.76. The van der Waals surface area contributed by atoms with Crippen LogP contribution in [0.2, 0.25) is 0 Å². The van der Waals surface area contributed by atoms with Crippen molar-refractivity contribution in [3.05, 3.63) is 0 Å². The van der Waals surface area contributed by atoms with Crippen molar-refractivity contribution in [2.45, 2.75) is 32.9 Å². The first kappa shape index (κ1) is 12.9. The standard InChI is InChI=1S/C9H21N3O2S/c1-7(2)11(4)15(13,14)12-5-8(3)9(10)6-12/h7-9H,5-6,10H2,1-4H3. The van der Waals surface area contributed by atoms with Gasteiger partial charge < -0.3 is 5.73 Å². The molecule has 1 saturated heterocycles. The first-order valence-corrected chi connectivity index (χ1v) is 6.65. The molecule has 90 valence electrons. The average molecular weight is 235 g/mol. The summed E-state index contributed by atoms with van der Waals surface area (Å²) in [6, 6.07) is -0.0672. The zero-order valence-electron chi connectivity index (χ0n) is 9.84. The van der Waals surface area contributed by atoms with Crippen molar-refractivity contribution in [3.63, 3.8) is 0 Å². The molecule has 0 amide bonds. The quantitative estimate of drug-likeness (QED) is 0.740. The normalized spacial score (nSPS) is 29.3. The van der Waals surface area contributed by atoms with E-state index in [0.717, 1.165) is 0 Å². The Labute approximate surface area is 92.4 Å². The molecule has 1 fully saturated rings. The van der Waals surface area contributed by atoms with Crippen molar-refractivity contribution in [2.24, 2.45) is 11.7 Å². The highest BCUT2D eigenvalue weighted by atomic mass is 32.2. The summed E-state index contributed by atoms with van der Waals surface area (Å²) in [4.78, 5) is 0. The first-order valence-electron chi connectivity index (χ1n) is 5.25. The number of hydrogen-bond donors (Lipinski definition) is 1. The van der Waals surface area contributed by atoms with E-state index < -0.39 is 10.2 Å². The smallest absolute Gasteiger partial charge is 0.282 e. The van der Waals surface area contributed by atoms with Crippen LogP contribution in [-0.2, 0) is 10.2 Å². The third-order valence-electron chi connectivity index (χ3n) is 3.05. The van der Waals surface area contributed by atoms with E-state index in [0.29, 0.717) is 13.1 Å². The van der Waals surface area contributed by atoms with Gasteiger partial charge in [0, 0.05) is 32.2 Å². The molecule has 0 saturated carbocycles. The van der Waals surface area contributed by atoms with Crippen molar-refractivity contribution in [1.29, 1.82) is 0 Å². The van der Waals surface area contributed by atoms with Crippen LogP contribution in [0.5, 0.6) is 0 Å². The summed E-state index contributed by atoms with van der Waals surface area (Å²) in [5, 5.41) is 0. The molecule has 2 unspecified atom stereocenters. The molecule has 1 aliphatic heterocycles. The Morgan fingerprint density at radius 3 is 2.27 bits per heavy atom. The molecule has 0 bridgehead atoms. The van der Waals surface area contributed by atoms with Crippen molar-refractivity contribution in [2.75, 3.05) is 20.1 Å². The van der Waals surface area contributed by atoms with Crippen molar-refractivity contribution in [1.82, 2.24) is 8.61 Å². The molecule has 2 atom stereocenters. The SMILES string of the molecule is CC1CN(S(=O)(=O)N(C)C(C)C)CC1N. The van der Waals surface area contributed by atoms with Gasteiger partial charge in [-0.1, -0.05) is 6.92 Å². The minimum absolute atomic E-state index is 0.0258. The maximum atomic E-state index is 12.1. The summed E-state index contributed by atoms with van der Waals surface area (Å²) in [5.41, 5.74) is 5.82. The minimum Gasteiger partial charge on any atom is -0.326 e. The summed E-state index contributed by atoms with van der Waals surface area (Å²) < 4.78 is 27.0. The number of hydrogen-bond acceptors (Lipinski definition) is 3. The van der Waals surface area contributed by atoms with Crippen LogP contribution < -0.4 is 5.73 Å². The highest BCUT2D eigenvalue weighted by molar-refractivity contribution is 7.86. The van der Waals surface area contributed by atoms with Crippen molar-refractivity contribution >= 4 is 10.2 Å². The third kappa shape index (κ3) is 2.50. The second-order valence-corrected chi connectivity index (χ2v) is 6.56. The van der Waals surface area contributed by atoms with Gasteiger partial charge in [-0.2, -0.15) is 17.0 Å². The molecule has 0 aliphatic carbocycles. The zero-order valence-corrected chi connectivity index (χ0v) is 10.7. The van der Waals surface area contributed by atoms with Gasteiger partial charge in [-0.05, 0) is 19.8 Å². The fourth-order valence-electron chi connectivity index (χ4n) is 1.58. The molecule has 2 N–H and O–H groups in total. The van der Waals surface area contributed by atoms with Crippen LogP contribution in [0.4, 0.5) is 0 Å². The topological polar surface area (TPSA) is 66.6 Å². The highest BCUT2D eigenvalue weighted by Crippen LogP contribution is 2.20. The van der Waals surface area contributed by atoms with Gasteiger partial charge in [0.25, 0.3) is 10.2 Å². The number of rotatable bonds is 3. The van der Waals surface area contributed by atoms with Gasteiger partial charge in [0.1, 0.15) is 0 Å². The molecule has 1 aliphatic rings. The maximum Gasteiger partial charge on any atom is 0.282 e. The van der Waals surface area contributed by atoms with Crippen LogP contribution in [0.1, 0.15) is 20.8 Å². The fraction of sp³-hybridized carbons (Fsp3) is 1.00. The van der Waals surface area contributed by atoms with Crippen molar-refractivity contribution < 1.29 is 8.42 Å². The van der Waals surface area contributed by atoms with E-state index in [-0.39, 0.29) is 18.0 Å². The Kier molecular flexibility index (Phi) is 3.76. The largest absolute Gasteiger partial charge is 0.326 e. The summed E-state index contributed by atoms with van der Waals surface area (Å²) >= 11 is 0. The van der Waals surface area contributed by atoms with E-state index in [2.05, 4.69) is 0 Å². The second-order valence-electron chi connectivity index (χ2n) is 4.58. The van der Waals surface area contributed by atoms with Gasteiger partial charge in [0.05, 0.1) is 0 Å². The zero-order chi connectivity index (χ0) is 11.8. The molecular formula is C9H21N3O2S. The predicted molar refractivity (Wildman–Crippen MR) is 60.5 cm³/mol. The Morgan fingerprint density at radius 1 is 1.40 bits per heavy atom. The lowest BCUT2D eigenvalue weighted by Crippen LogP contribution is -2.44. The molecule has 0 aromatic carbocycles. The highest BCUT2D eigenvalue weighted by Gasteiger charge is 2.37. The Hall–Kier alpha value is -0.170. The maximum absolute atomic E-state index is 12.1. The van der Waals surface area contributed by atoms with Crippen LogP contribution in [-0.4, -0.2) is 49.2 Å². The molecule has 0 aromatic heterocycles. The van der Waals surface area contributed by atoms with Gasteiger partial charge in [0.15, 0.2) is 0 Å². The average Bonchev–Trinajstić information content (AvgIpc) is 2.46. The second kappa shape index (κ2) is 4.37. The summed E-state index contributed by atoms with van der Waals surface area (Å²) in [6.45, 7) is 6.66. The van der Waals surface area contributed by atoms with Crippen LogP contribution in [0.25, 0.3) is 0 Å². The molecule has 1 heterocycles. The molecule has 15 heavy (non-hydrogen) atoms. The summed E-state index contributed by atoms with van der Waals surface area (Å²) in [6.07, 6.45) is 0. The summed E-state index contributed by atoms with van der Waals surface area (Å²) in [7, 11) is -1.71. The van der Waals surface area contributed by atoms with E-state index >= 15 is 0 Å². The van der Waals surface area contributed by atoms with Crippen molar-refractivity contribution in [3.8, 4) is 0 Å². The number of nitrogens with zero attached hydrogens (tertiary/aromatic N) is 2. The van der Waals surface area contributed by atoms with Crippen LogP contribution >= 0.6 is 0 Å². The Bertz CT molecular complexity index is 305. The molecular weight excluding hydrogens is 214 g/mol. The molecule has 0 radical (unpaired) electrons. The molecule has 6 heteroatoms. The van der Waals surface area contributed by atoms with E-state index in [1.165, 1.54) is 8.61 Å². The van der Waals surface area contributed by atoms with Gasteiger partial charge >= 0.3 is 0 Å². The lowest BCUT2D eigenvalue weighted by Gasteiger charge is -2.26. The molecule has 0 spiro atoms. The van der Waals surface area contributed by atoms with Crippen LogP contribution in [0, 0.1) is 5.92 Å². The van der Waals surface area contributed by atoms with Crippen LogP contribution in [0.15, 0.2) is 0 Å². The van der Waals surface area contributed by atoms with Gasteiger partial charge in [0.2, 0.25) is 0 Å². The van der Waals surface area contributed by atoms with E-state index in [4.69, 9.17) is 5.73 Å². The Balaban J connectivity index is 2.80. The van der Waals surface area contributed by atoms with Gasteiger partial charge in [-0.15, -0.1) is 0 Å². The van der Waals surface area contributed by atoms with Gasteiger partial charge in [-0.25, -0.2) is 0 Å². The molecule has 5 nitrogen and oxygen atoms in total. The molecule has 0 aromatic rings. The predicted octanol–water partition coefficient (Wildman–Crippen LogP) is -0.150. The minimum atomic E-state index is -3.32. The van der Waals surface area contributed by atoms with Gasteiger partial charge in [-0.3, -0.25) is 0 Å². The monoisotopic (exact) mass is 235 g/mol. The fourth-order valence-corrected chi connectivity index (χ4v) is 3.26.